The van der Waals surface area contributed by atoms with Gasteiger partial charge in [-0.05, 0) is 24.8 Å². The zero-order valence-corrected chi connectivity index (χ0v) is 11.8. The smallest absolute Gasteiger partial charge is 0.132 e. The number of hydrogen-bond donors (Lipinski definition) is 2. The van der Waals surface area contributed by atoms with E-state index in [1.54, 1.807) is 0 Å². The molecule has 0 aromatic rings. The summed E-state index contributed by atoms with van der Waals surface area (Å²) in [4.78, 5) is 0. The summed E-state index contributed by atoms with van der Waals surface area (Å²) in [6.45, 7) is 9.71. The summed E-state index contributed by atoms with van der Waals surface area (Å²) in [5.41, 5.74) is 11.7. The largest absolute Gasteiger partial charge is 0.353 e. The Labute approximate surface area is 104 Å². The fourth-order valence-electron chi connectivity index (χ4n) is 1.48. The minimum Gasteiger partial charge on any atom is -0.353 e. The molecule has 16 heavy (non-hydrogen) atoms. The molecule has 3 nitrogen and oxygen atoms in total. The molecule has 3 unspecified atom stereocenters. The Balaban J connectivity index is 2.40. The lowest BCUT2D eigenvalue weighted by Gasteiger charge is -2.32. The van der Waals surface area contributed by atoms with Gasteiger partial charge in [0.1, 0.15) is 12.3 Å². The van der Waals surface area contributed by atoms with Crippen molar-refractivity contribution in [2.24, 2.45) is 16.9 Å². The van der Waals surface area contributed by atoms with Crippen LogP contribution in [0.3, 0.4) is 0 Å². The standard InChI is InChI=1S/C12H26N2OS/c1-5-12(4,6-9-10(14)15-9)16-8-11(2,3)7-13/h9-10H,5-8,13-14H2,1-4H3. The molecule has 1 fully saturated rings. The summed E-state index contributed by atoms with van der Waals surface area (Å²) in [6, 6.07) is 0. The number of thioether (sulfide) groups is 1. The van der Waals surface area contributed by atoms with E-state index in [2.05, 4.69) is 27.7 Å². The molecule has 0 amide bonds. The maximum Gasteiger partial charge on any atom is 0.132 e. The number of rotatable bonds is 7. The second-order valence-corrected chi connectivity index (χ2v) is 7.37. The molecular weight excluding hydrogens is 220 g/mol. The Hall–Kier alpha value is 0.230. The third-order valence-electron chi connectivity index (χ3n) is 3.37. The van der Waals surface area contributed by atoms with Gasteiger partial charge in [-0.1, -0.05) is 27.7 Å². The van der Waals surface area contributed by atoms with E-state index in [0.29, 0.717) is 0 Å². The first-order chi connectivity index (χ1) is 7.32. The molecule has 1 saturated heterocycles. The molecule has 0 spiro atoms. The number of epoxide rings is 1. The Morgan fingerprint density at radius 2 is 1.88 bits per heavy atom. The predicted molar refractivity (Wildman–Crippen MR) is 71.5 cm³/mol. The number of ether oxygens (including phenoxy) is 1. The van der Waals surface area contributed by atoms with E-state index in [0.717, 1.165) is 25.1 Å². The lowest BCUT2D eigenvalue weighted by molar-refractivity contribution is 0.349. The molecule has 4 N–H and O–H groups in total. The highest BCUT2D eigenvalue weighted by molar-refractivity contribution is 8.00. The zero-order valence-electron chi connectivity index (χ0n) is 11.0. The molecule has 0 bridgehead atoms. The van der Waals surface area contributed by atoms with Crippen LogP contribution < -0.4 is 11.5 Å². The zero-order chi connectivity index (χ0) is 12.4. The van der Waals surface area contributed by atoms with Crippen LogP contribution in [-0.4, -0.2) is 29.4 Å². The van der Waals surface area contributed by atoms with E-state index in [1.807, 2.05) is 11.8 Å². The van der Waals surface area contributed by atoms with Crippen molar-refractivity contribution in [1.82, 2.24) is 0 Å². The van der Waals surface area contributed by atoms with Gasteiger partial charge in [0.05, 0.1) is 0 Å². The van der Waals surface area contributed by atoms with Crippen LogP contribution in [0.4, 0.5) is 0 Å². The van der Waals surface area contributed by atoms with E-state index in [4.69, 9.17) is 16.2 Å². The first kappa shape index (κ1) is 14.3. The lowest BCUT2D eigenvalue weighted by atomic mass is 9.97. The highest BCUT2D eigenvalue weighted by atomic mass is 32.2. The highest BCUT2D eigenvalue weighted by Gasteiger charge is 2.41. The average Bonchev–Trinajstić information content (AvgIpc) is 2.91. The lowest BCUT2D eigenvalue weighted by Crippen LogP contribution is -2.31. The maximum absolute atomic E-state index is 5.75. The molecule has 1 aliphatic rings. The van der Waals surface area contributed by atoms with Crippen molar-refractivity contribution in [3.05, 3.63) is 0 Å². The van der Waals surface area contributed by atoms with Crippen molar-refractivity contribution >= 4 is 11.8 Å². The summed E-state index contributed by atoms with van der Waals surface area (Å²) in [5.74, 6) is 1.09. The molecule has 4 heteroatoms. The topological polar surface area (TPSA) is 64.6 Å². The van der Waals surface area contributed by atoms with Gasteiger partial charge in [0.15, 0.2) is 0 Å². The van der Waals surface area contributed by atoms with Crippen molar-refractivity contribution in [2.45, 2.75) is 57.6 Å². The molecule has 1 rings (SSSR count). The quantitative estimate of drug-likeness (QED) is 0.674. The van der Waals surface area contributed by atoms with E-state index < -0.39 is 0 Å². The van der Waals surface area contributed by atoms with Crippen LogP contribution in [0.5, 0.6) is 0 Å². The predicted octanol–water partition coefficient (Wildman–Crippen LogP) is 1.95. The van der Waals surface area contributed by atoms with Crippen LogP contribution in [0, 0.1) is 5.41 Å². The second kappa shape index (κ2) is 5.25. The van der Waals surface area contributed by atoms with Crippen LogP contribution >= 0.6 is 11.8 Å². The van der Waals surface area contributed by atoms with Gasteiger partial charge >= 0.3 is 0 Å². The molecule has 0 aromatic carbocycles. The maximum atomic E-state index is 5.75. The van der Waals surface area contributed by atoms with Gasteiger partial charge in [-0.2, -0.15) is 11.8 Å². The second-order valence-electron chi connectivity index (χ2n) is 5.80. The van der Waals surface area contributed by atoms with Crippen LogP contribution in [0.25, 0.3) is 0 Å². The molecule has 1 aliphatic heterocycles. The van der Waals surface area contributed by atoms with Gasteiger partial charge < -0.3 is 16.2 Å². The van der Waals surface area contributed by atoms with Gasteiger partial charge in [0.25, 0.3) is 0 Å². The van der Waals surface area contributed by atoms with Crippen LogP contribution in [0.15, 0.2) is 0 Å². The fraction of sp³-hybridized carbons (Fsp3) is 1.00. The number of hydrogen-bond acceptors (Lipinski definition) is 4. The monoisotopic (exact) mass is 246 g/mol. The average molecular weight is 246 g/mol. The summed E-state index contributed by atoms with van der Waals surface area (Å²) < 4.78 is 5.58. The molecule has 0 aliphatic carbocycles. The van der Waals surface area contributed by atoms with Crippen molar-refractivity contribution in [2.75, 3.05) is 12.3 Å². The molecule has 3 atom stereocenters. The van der Waals surface area contributed by atoms with Gasteiger partial charge in [-0.25, -0.2) is 0 Å². The first-order valence-corrected chi connectivity index (χ1v) is 7.05. The Morgan fingerprint density at radius 3 is 2.25 bits per heavy atom. The minimum absolute atomic E-state index is 0.0195. The Kier molecular flexibility index (Phi) is 4.69. The van der Waals surface area contributed by atoms with E-state index >= 15 is 0 Å². The van der Waals surface area contributed by atoms with Crippen LogP contribution in [0.1, 0.15) is 40.5 Å². The summed E-state index contributed by atoms with van der Waals surface area (Å²) in [5, 5.41) is 0. The fourth-order valence-corrected chi connectivity index (χ4v) is 2.82. The summed E-state index contributed by atoms with van der Waals surface area (Å²) >= 11 is 2.01. The number of nitrogens with two attached hydrogens (primary N) is 2. The van der Waals surface area contributed by atoms with Crippen molar-refractivity contribution in [3.8, 4) is 0 Å². The van der Waals surface area contributed by atoms with Gasteiger partial charge in [0.2, 0.25) is 0 Å². The first-order valence-electron chi connectivity index (χ1n) is 6.07. The molecule has 0 radical (unpaired) electrons. The van der Waals surface area contributed by atoms with Gasteiger partial charge in [-0.15, -0.1) is 0 Å². The SMILES string of the molecule is CCC(C)(CC1OC1N)SCC(C)(C)CN. The Morgan fingerprint density at radius 1 is 1.31 bits per heavy atom. The van der Waals surface area contributed by atoms with Crippen LogP contribution in [-0.2, 0) is 4.74 Å². The summed E-state index contributed by atoms with van der Waals surface area (Å²) in [7, 11) is 0. The molecule has 96 valence electrons. The van der Waals surface area contributed by atoms with Crippen molar-refractivity contribution in [3.63, 3.8) is 0 Å². The highest BCUT2D eigenvalue weighted by Crippen LogP contribution is 2.40. The minimum atomic E-state index is -0.0195. The van der Waals surface area contributed by atoms with Crippen molar-refractivity contribution < 1.29 is 4.74 Å². The Bertz CT molecular complexity index is 235. The molecule has 0 saturated carbocycles. The third kappa shape index (κ3) is 4.24. The van der Waals surface area contributed by atoms with Gasteiger partial charge in [0, 0.05) is 10.5 Å². The van der Waals surface area contributed by atoms with E-state index in [1.165, 1.54) is 0 Å². The normalized spacial score (nSPS) is 28.9. The van der Waals surface area contributed by atoms with Crippen LogP contribution in [0.2, 0.25) is 0 Å². The molecule has 0 aromatic heterocycles. The third-order valence-corrected chi connectivity index (χ3v) is 5.44. The molecule has 1 heterocycles. The van der Waals surface area contributed by atoms with E-state index in [9.17, 15) is 0 Å². The van der Waals surface area contributed by atoms with Crippen molar-refractivity contribution in [1.29, 1.82) is 0 Å². The molecular formula is C12H26N2OS. The van der Waals surface area contributed by atoms with E-state index in [-0.39, 0.29) is 22.5 Å². The summed E-state index contributed by atoms with van der Waals surface area (Å²) in [6.07, 6.45) is 2.45. The van der Waals surface area contributed by atoms with Gasteiger partial charge in [-0.3, -0.25) is 0 Å².